The monoisotopic (exact) mass is 289 g/mol. The number of benzene rings is 1. The minimum Gasteiger partial charge on any atom is -0.325 e. The highest BCUT2D eigenvalue weighted by Crippen LogP contribution is 2.28. The lowest BCUT2D eigenvalue weighted by Gasteiger charge is -2.06. The lowest BCUT2D eigenvalue weighted by Crippen LogP contribution is -2.10. The Balaban J connectivity index is 2.66. The molecule has 1 amide bonds. The summed E-state index contributed by atoms with van der Waals surface area (Å²) in [6, 6.07) is 4.74. The van der Waals surface area contributed by atoms with Crippen molar-refractivity contribution in [3.05, 3.63) is 22.7 Å². The van der Waals surface area contributed by atoms with E-state index in [2.05, 4.69) is 21.2 Å². The highest BCUT2D eigenvalue weighted by atomic mass is 79.9. The molecule has 6 heteroatoms. The Hall–Kier alpha value is -0.880. The van der Waals surface area contributed by atoms with Gasteiger partial charge in [-0.25, -0.2) is 8.42 Å². The average molecular weight is 290 g/mol. The number of anilines is 1. The number of amides is 1. The van der Waals surface area contributed by atoms with Crippen molar-refractivity contribution >= 4 is 37.4 Å². The zero-order valence-electron chi connectivity index (χ0n) is 7.66. The highest BCUT2D eigenvalue weighted by molar-refractivity contribution is 9.10. The summed E-state index contributed by atoms with van der Waals surface area (Å²) in [5.74, 6) is -0.400. The van der Waals surface area contributed by atoms with Crippen molar-refractivity contribution in [2.24, 2.45) is 0 Å². The van der Waals surface area contributed by atoms with Crippen LogP contribution >= 0.6 is 15.9 Å². The van der Waals surface area contributed by atoms with Crippen molar-refractivity contribution in [2.75, 3.05) is 11.1 Å². The molecule has 0 saturated carbocycles. The Morgan fingerprint density at radius 2 is 2.07 bits per heavy atom. The summed E-state index contributed by atoms with van der Waals surface area (Å²) in [4.78, 5) is 11.4. The van der Waals surface area contributed by atoms with Crippen LogP contribution in [0.5, 0.6) is 0 Å². The zero-order chi connectivity index (χ0) is 11.1. The summed E-state index contributed by atoms with van der Waals surface area (Å²) < 4.78 is 24.2. The molecule has 2 rings (SSSR count). The van der Waals surface area contributed by atoms with Crippen LogP contribution in [0.4, 0.5) is 5.69 Å². The first-order chi connectivity index (χ1) is 6.99. The molecule has 80 valence electrons. The summed E-state index contributed by atoms with van der Waals surface area (Å²) in [5.41, 5.74) is 0.354. The summed E-state index contributed by atoms with van der Waals surface area (Å²) in [6.07, 6.45) is 0.00856. The number of rotatable bonds is 0. The maximum Gasteiger partial charge on any atom is 0.225 e. The molecule has 1 aromatic rings. The van der Waals surface area contributed by atoms with Gasteiger partial charge in [0.15, 0.2) is 9.84 Å². The van der Waals surface area contributed by atoms with E-state index in [1.807, 2.05) is 0 Å². The Bertz CT molecular complexity index is 524. The average Bonchev–Trinajstić information content (AvgIpc) is 2.24. The summed E-state index contributed by atoms with van der Waals surface area (Å²) in [5, 5.41) is 2.57. The Morgan fingerprint density at radius 3 is 2.80 bits per heavy atom. The first-order valence-corrected chi connectivity index (χ1v) is 6.76. The largest absolute Gasteiger partial charge is 0.325 e. The highest BCUT2D eigenvalue weighted by Gasteiger charge is 2.24. The van der Waals surface area contributed by atoms with Gasteiger partial charge in [-0.05, 0) is 18.2 Å². The van der Waals surface area contributed by atoms with Gasteiger partial charge in [-0.2, -0.15) is 0 Å². The number of nitrogens with one attached hydrogen (secondary N) is 1. The SMILES string of the molecule is O=C1CCS(=O)(=O)c2ccc(Br)cc2N1. The van der Waals surface area contributed by atoms with E-state index in [-0.39, 0.29) is 23.0 Å². The number of carbonyl (C=O) groups is 1. The van der Waals surface area contributed by atoms with Gasteiger partial charge < -0.3 is 5.32 Å². The topological polar surface area (TPSA) is 63.2 Å². The maximum atomic E-state index is 11.7. The van der Waals surface area contributed by atoms with E-state index in [0.717, 1.165) is 4.47 Å². The van der Waals surface area contributed by atoms with Crippen molar-refractivity contribution in [1.82, 2.24) is 0 Å². The molecule has 1 N–H and O–H groups in total. The van der Waals surface area contributed by atoms with Gasteiger partial charge in [0, 0.05) is 10.9 Å². The predicted octanol–water partition coefficient (Wildman–Crippen LogP) is 1.56. The molecule has 0 aliphatic carbocycles. The third kappa shape index (κ3) is 2.05. The first kappa shape index (κ1) is 10.6. The molecule has 15 heavy (non-hydrogen) atoms. The van der Waals surface area contributed by atoms with Crippen LogP contribution in [-0.4, -0.2) is 20.1 Å². The van der Waals surface area contributed by atoms with Gasteiger partial charge in [-0.1, -0.05) is 15.9 Å². The van der Waals surface area contributed by atoms with Crippen LogP contribution in [0.1, 0.15) is 6.42 Å². The molecular formula is C9H8BrNO3S. The molecule has 1 aliphatic rings. The summed E-state index contributed by atoms with van der Waals surface area (Å²) in [6.45, 7) is 0. The van der Waals surface area contributed by atoms with Gasteiger partial charge in [-0.3, -0.25) is 4.79 Å². The second kappa shape index (κ2) is 3.61. The van der Waals surface area contributed by atoms with Crippen LogP contribution in [-0.2, 0) is 14.6 Å². The molecule has 0 radical (unpaired) electrons. The fourth-order valence-electron chi connectivity index (χ4n) is 1.42. The minimum absolute atomic E-state index is 0.00856. The zero-order valence-corrected chi connectivity index (χ0v) is 10.1. The third-order valence-corrected chi connectivity index (χ3v) is 4.41. The van der Waals surface area contributed by atoms with Gasteiger partial charge in [0.2, 0.25) is 5.91 Å². The van der Waals surface area contributed by atoms with Crippen molar-refractivity contribution in [3.8, 4) is 0 Å². The van der Waals surface area contributed by atoms with E-state index < -0.39 is 9.84 Å². The van der Waals surface area contributed by atoms with Crippen LogP contribution < -0.4 is 5.32 Å². The standard InChI is InChI=1S/C9H8BrNO3S/c10-6-1-2-8-7(5-6)11-9(12)3-4-15(8,13)14/h1-2,5H,3-4H2,(H,11,12). The normalized spacial score (nSPS) is 18.9. The predicted molar refractivity (Wildman–Crippen MR) is 59.4 cm³/mol. The molecule has 1 aliphatic heterocycles. The molecule has 0 bridgehead atoms. The van der Waals surface area contributed by atoms with Gasteiger partial charge in [-0.15, -0.1) is 0 Å². The molecule has 0 atom stereocenters. The van der Waals surface area contributed by atoms with Gasteiger partial charge >= 0.3 is 0 Å². The van der Waals surface area contributed by atoms with Gasteiger partial charge in [0.05, 0.1) is 16.3 Å². The molecule has 0 spiro atoms. The molecule has 0 unspecified atom stereocenters. The van der Waals surface area contributed by atoms with Crippen molar-refractivity contribution in [2.45, 2.75) is 11.3 Å². The molecule has 0 fully saturated rings. The van der Waals surface area contributed by atoms with Crippen LogP contribution in [0.2, 0.25) is 0 Å². The number of hydrogen-bond donors (Lipinski definition) is 1. The Labute approximate surface area is 95.7 Å². The smallest absolute Gasteiger partial charge is 0.225 e. The third-order valence-electron chi connectivity index (χ3n) is 2.15. The maximum absolute atomic E-state index is 11.7. The van der Waals surface area contributed by atoms with E-state index >= 15 is 0 Å². The number of sulfone groups is 1. The van der Waals surface area contributed by atoms with Crippen LogP contribution in [0, 0.1) is 0 Å². The van der Waals surface area contributed by atoms with E-state index in [9.17, 15) is 13.2 Å². The lowest BCUT2D eigenvalue weighted by molar-refractivity contribution is -0.115. The van der Waals surface area contributed by atoms with Crippen molar-refractivity contribution in [3.63, 3.8) is 0 Å². The molecule has 0 saturated heterocycles. The molecular weight excluding hydrogens is 282 g/mol. The van der Waals surface area contributed by atoms with Crippen molar-refractivity contribution in [1.29, 1.82) is 0 Å². The van der Waals surface area contributed by atoms with Gasteiger partial charge in [0.1, 0.15) is 0 Å². The second-order valence-electron chi connectivity index (χ2n) is 3.26. The number of halogens is 1. The second-order valence-corrected chi connectivity index (χ2v) is 6.25. The number of hydrogen-bond acceptors (Lipinski definition) is 3. The fraction of sp³-hybridized carbons (Fsp3) is 0.222. The quantitative estimate of drug-likeness (QED) is 0.788. The van der Waals surface area contributed by atoms with E-state index in [1.54, 1.807) is 12.1 Å². The summed E-state index contributed by atoms with van der Waals surface area (Å²) >= 11 is 3.23. The van der Waals surface area contributed by atoms with E-state index in [4.69, 9.17) is 0 Å². The van der Waals surface area contributed by atoms with E-state index in [1.165, 1.54) is 6.07 Å². The molecule has 1 heterocycles. The molecule has 1 aromatic carbocycles. The van der Waals surface area contributed by atoms with Crippen LogP contribution in [0.25, 0.3) is 0 Å². The number of fused-ring (bicyclic) bond motifs is 1. The lowest BCUT2D eigenvalue weighted by atomic mass is 10.3. The molecule has 4 nitrogen and oxygen atoms in total. The Morgan fingerprint density at radius 1 is 1.33 bits per heavy atom. The van der Waals surface area contributed by atoms with Crippen LogP contribution in [0.15, 0.2) is 27.6 Å². The molecule has 0 aromatic heterocycles. The fourth-order valence-corrected chi connectivity index (χ4v) is 3.18. The summed E-state index contributed by atoms with van der Waals surface area (Å²) in [7, 11) is -3.33. The van der Waals surface area contributed by atoms with E-state index in [0.29, 0.717) is 5.69 Å². The first-order valence-electron chi connectivity index (χ1n) is 4.31. The van der Waals surface area contributed by atoms with Gasteiger partial charge in [0.25, 0.3) is 0 Å². The van der Waals surface area contributed by atoms with Crippen molar-refractivity contribution < 1.29 is 13.2 Å². The Kier molecular flexibility index (Phi) is 2.56. The number of carbonyl (C=O) groups excluding carboxylic acids is 1. The van der Waals surface area contributed by atoms with Crippen LogP contribution in [0.3, 0.4) is 0 Å². The minimum atomic E-state index is -3.33.